The van der Waals surface area contributed by atoms with Crippen LogP contribution in [-0.2, 0) is 21.7 Å². The molecular weight excluding hydrogens is 424 g/mol. The molecule has 0 radical (unpaired) electrons. The molecule has 8 heteroatoms. The van der Waals surface area contributed by atoms with Crippen LogP contribution in [0.4, 0.5) is 15.6 Å². The summed E-state index contributed by atoms with van der Waals surface area (Å²) in [6.45, 7) is 5.35. The molecule has 2 aromatic carbocycles. The summed E-state index contributed by atoms with van der Waals surface area (Å²) in [5.41, 5.74) is 1.98. The van der Waals surface area contributed by atoms with Crippen molar-refractivity contribution in [2.75, 3.05) is 4.90 Å². The van der Waals surface area contributed by atoms with Gasteiger partial charge in [0, 0.05) is 12.3 Å². The number of aromatic nitrogens is 1. The van der Waals surface area contributed by atoms with E-state index in [-0.39, 0.29) is 18.4 Å². The highest BCUT2D eigenvalue weighted by molar-refractivity contribution is 7.14. The second-order valence-electron chi connectivity index (χ2n) is 7.76. The van der Waals surface area contributed by atoms with Gasteiger partial charge in [0.05, 0.1) is 17.9 Å². The lowest BCUT2D eigenvalue weighted by Crippen LogP contribution is -2.43. The van der Waals surface area contributed by atoms with Crippen molar-refractivity contribution in [2.24, 2.45) is 0 Å². The average molecular weight is 449 g/mol. The standard InChI is InChI=1S/C24H24N4O3S/c1-4-24(18-10-6-5-7-11-18)21(30)27(22(31)26-24)14-19-15-32-23(25-19)28(17(3)29)20-12-8-9-16(2)13-20/h5-13,15H,4,14H2,1-3H3,(H,26,31). The quantitative estimate of drug-likeness (QED) is 0.563. The molecule has 1 fully saturated rings. The second-order valence-corrected chi connectivity index (χ2v) is 8.60. The highest BCUT2D eigenvalue weighted by Gasteiger charge is 2.51. The summed E-state index contributed by atoms with van der Waals surface area (Å²) < 4.78 is 0. The fourth-order valence-corrected chi connectivity index (χ4v) is 4.84. The number of anilines is 2. The first kappa shape index (κ1) is 21.7. The maximum absolute atomic E-state index is 13.3. The lowest BCUT2D eigenvalue weighted by molar-refractivity contribution is -0.132. The molecule has 1 unspecified atom stereocenters. The Morgan fingerprint density at radius 2 is 1.91 bits per heavy atom. The number of amides is 4. The molecule has 0 saturated carbocycles. The zero-order chi connectivity index (χ0) is 22.9. The maximum atomic E-state index is 13.3. The summed E-state index contributed by atoms with van der Waals surface area (Å²) >= 11 is 1.30. The van der Waals surface area contributed by atoms with Gasteiger partial charge in [-0.25, -0.2) is 9.78 Å². The first-order chi connectivity index (χ1) is 15.4. The monoisotopic (exact) mass is 448 g/mol. The van der Waals surface area contributed by atoms with Gasteiger partial charge < -0.3 is 5.32 Å². The van der Waals surface area contributed by atoms with Crippen molar-refractivity contribution in [1.82, 2.24) is 15.2 Å². The molecule has 1 aromatic heterocycles. The minimum Gasteiger partial charge on any atom is -0.319 e. The Hall–Kier alpha value is -3.52. The number of hydrogen-bond acceptors (Lipinski definition) is 5. The molecule has 0 spiro atoms. The molecule has 1 aliphatic rings. The van der Waals surface area contributed by atoms with E-state index in [1.165, 1.54) is 28.1 Å². The van der Waals surface area contributed by atoms with E-state index in [4.69, 9.17) is 0 Å². The molecule has 3 aromatic rings. The summed E-state index contributed by atoms with van der Waals surface area (Å²) in [5, 5.41) is 5.15. The van der Waals surface area contributed by atoms with Crippen molar-refractivity contribution in [3.8, 4) is 0 Å². The van der Waals surface area contributed by atoms with Gasteiger partial charge in [0.2, 0.25) is 5.91 Å². The minimum absolute atomic E-state index is 0.0370. The Balaban J connectivity index is 1.60. The Morgan fingerprint density at radius 3 is 2.56 bits per heavy atom. The molecule has 1 N–H and O–H groups in total. The summed E-state index contributed by atoms with van der Waals surface area (Å²) in [6.07, 6.45) is 0.436. The first-order valence-electron chi connectivity index (χ1n) is 10.4. The lowest BCUT2D eigenvalue weighted by atomic mass is 9.87. The molecule has 7 nitrogen and oxygen atoms in total. The van der Waals surface area contributed by atoms with Gasteiger partial charge in [-0.15, -0.1) is 11.3 Å². The summed E-state index contributed by atoms with van der Waals surface area (Å²) in [5.74, 6) is -0.464. The second kappa shape index (κ2) is 8.55. The number of thiazole rings is 1. The number of nitrogens with zero attached hydrogens (tertiary/aromatic N) is 3. The van der Waals surface area contributed by atoms with Crippen molar-refractivity contribution in [3.05, 3.63) is 76.8 Å². The third-order valence-electron chi connectivity index (χ3n) is 5.60. The van der Waals surface area contributed by atoms with Gasteiger partial charge in [0.25, 0.3) is 5.91 Å². The highest BCUT2D eigenvalue weighted by Crippen LogP contribution is 2.34. The number of hydrogen-bond donors (Lipinski definition) is 1. The van der Waals surface area contributed by atoms with Crippen molar-refractivity contribution in [3.63, 3.8) is 0 Å². The van der Waals surface area contributed by atoms with E-state index in [0.29, 0.717) is 17.2 Å². The van der Waals surface area contributed by atoms with E-state index in [2.05, 4.69) is 10.3 Å². The number of urea groups is 1. The van der Waals surface area contributed by atoms with Gasteiger partial charge in [-0.3, -0.25) is 19.4 Å². The molecule has 2 heterocycles. The topological polar surface area (TPSA) is 82.6 Å². The highest BCUT2D eigenvalue weighted by atomic mass is 32.1. The van der Waals surface area contributed by atoms with E-state index in [1.807, 2.05) is 68.4 Å². The number of rotatable bonds is 6. The Bertz CT molecular complexity index is 1180. The number of carbonyl (C=O) groups excluding carboxylic acids is 3. The summed E-state index contributed by atoms with van der Waals surface area (Å²) in [4.78, 5) is 45.7. The molecule has 4 rings (SSSR count). The van der Waals surface area contributed by atoms with E-state index in [9.17, 15) is 14.4 Å². The van der Waals surface area contributed by atoms with Crippen molar-refractivity contribution < 1.29 is 14.4 Å². The predicted octanol–water partition coefficient (Wildman–Crippen LogP) is 4.49. The van der Waals surface area contributed by atoms with Gasteiger partial charge in [-0.05, 0) is 36.6 Å². The molecule has 0 aliphatic carbocycles. The summed E-state index contributed by atoms with van der Waals surface area (Å²) in [7, 11) is 0. The molecule has 1 saturated heterocycles. The van der Waals surface area contributed by atoms with Crippen LogP contribution in [0.2, 0.25) is 0 Å². The Labute approximate surface area is 190 Å². The maximum Gasteiger partial charge on any atom is 0.325 e. The molecular formula is C24H24N4O3S. The predicted molar refractivity (Wildman–Crippen MR) is 124 cm³/mol. The lowest BCUT2D eigenvalue weighted by Gasteiger charge is -2.25. The number of nitrogens with one attached hydrogen (secondary N) is 1. The normalized spacial score (nSPS) is 18.0. The van der Waals surface area contributed by atoms with Crippen LogP contribution in [0.1, 0.15) is 37.1 Å². The summed E-state index contributed by atoms with van der Waals surface area (Å²) in [6, 6.07) is 16.4. The fraction of sp³-hybridized carbons (Fsp3) is 0.250. The number of benzene rings is 2. The smallest absolute Gasteiger partial charge is 0.319 e. The zero-order valence-corrected chi connectivity index (χ0v) is 19.0. The average Bonchev–Trinajstić information content (AvgIpc) is 3.33. The molecule has 0 bridgehead atoms. The number of carbonyl (C=O) groups is 3. The third-order valence-corrected chi connectivity index (χ3v) is 6.47. The van der Waals surface area contributed by atoms with Crippen LogP contribution in [0, 0.1) is 6.92 Å². The minimum atomic E-state index is -1.08. The van der Waals surface area contributed by atoms with E-state index >= 15 is 0 Å². The molecule has 1 atom stereocenters. The number of imide groups is 1. The molecule has 32 heavy (non-hydrogen) atoms. The van der Waals surface area contributed by atoms with E-state index in [0.717, 1.165) is 16.8 Å². The molecule has 1 aliphatic heterocycles. The van der Waals surface area contributed by atoms with Crippen LogP contribution >= 0.6 is 11.3 Å². The fourth-order valence-electron chi connectivity index (χ4n) is 3.96. The third kappa shape index (κ3) is 3.78. The molecule has 164 valence electrons. The van der Waals surface area contributed by atoms with Gasteiger partial charge in [-0.1, -0.05) is 49.4 Å². The van der Waals surface area contributed by atoms with Gasteiger partial charge in [0.1, 0.15) is 5.54 Å². The van der Waals surface area contributed by atoms with Crippen LogP contribution in [0.25, 0.3) is 0 Å². The molecule has 4 amide bonds. The Morgan fingerprint density at radius 1 is 1.16 bits per heavy atom. The van der Waals surface area contributed by atoms with Crippen LogP contribution < -0.4 is 10.2 Å². The van der Waals surface area contributed by atoms with E-state index in [1.54, 1.807) is 5.38 Å². The van der Waals surface area contributed by atoms with E-state index < -0.39 is 11.6 Å². The zero-order valence-electron chi connectivity index (χ0n) is 18.2. The SMILES string of the molecule is CCC1(c2ccccc2)NC(=O)N(Cc2csc(N(C(C)=O)c3cccc(C)c3)n2)C1=O. The van der Waals surface area contributed by atoms with Crippen LogP contribution in [0.3, 0.4) is 0 Å². The van der Waals surface area contributed by atoms with Gasteiger partial charge >= 0.3 is 6.03 Å². The first-order valence-corrected chi connectivity index (χ1v) is 11.2. The van der Waals surface area contributed by atoms with Crippen molar-refractivity contribution >= 4 is 40.0 Å². The van der Waals surface area contributed by atoms with Gasteiger partial charge in [-0.2, -0.15) is 0 Å². The number of aryl methyl sites for hydroxylation is 1. The van der Waals surface area contributed by atoms with Crippen LogP contribution in [0.5, 0.6) is 0 Å². The Kier molecular flexibility index (Phi) is 5.80. The van der Waals surface area contributed by atoms with Crippen molar-refractivity contribution in [2.45, 2.75) is 39.3 Å². The van der Waals surface area contributed by atoms with Crippen LogP contribution in [0.15, 0.2) is 60.0 Å². The van der Waals surface area contributed by atoms with Gasteiger partial charge in [0.15, 0.2) is 5.13 Å². The largest absolute Gasteiger partial charge is 0.325 e. The van der Waals surface area contributed by atoms with Crippen molar-refractivity contribution in [1.29, 1.82) is 0 Å². The van der Waals surface area contributed by atoms with Crippen LogP contribution in [-0.4, -0.2) is 27.7 Å².